The van der Waals surface area contributed by atoms with Crippen molar-refractivity contribution < 1.29 is 9.59 Å². The van der Waals surface area contributed by atoms with Crippen LogP contribution in [0, 0.1) is 12.3 Å². The number of anilines is 1. The Kier molecular flexibility index (Phi) is 5.91. The first-order chi connectivity index (χ1) is 15.0. The number of hydrogen-bond donors (Lipinski definition) is 2. The van der Waals surface area contributed by atoms with Crippen molar-refractivity contribution in [3.05, 3.63) is 80.2 Å². The lowest BCUT2D eigenvalue weighted by Crippen LogP contribution is -2.39. The molecule has 1 atom stereocenters. The van der Waals surface area contributed by atoms with Gasteiger partial charge in [-0.3, -0.25) is 9.59 Å². The van der Waals surface area contributed by atoms with Gasteiger partial charge in [-0.1, -0.05) is 37.0 Å². The van der Waals surface area contributed by atoms with Gasteiger partial charge in [-0.25, -0.2) is 4.98 Å². The highest BCUT2D eigenvalue weighted by atomic mass is 35.5. The van der Waals surface area contributed by atoms with Crippen molar-refractivity contribution in [3.63, 3.8) is 0 Å². The minimum Gasteiger partial charge on any atom is -0.362 e. The van der Waals surface area contributed by atoms with Gasteiger partial charge in [-0.05, 0) is 67.1 Å². The molecular formula is C25H25Cl2N3O2. The third kappa shape index (κ3) is 4.45. The maximum Gasteiger partial charge on any atom is 0.255 e. The molecule has 1 amide bonds. The maximum atomic E-state index is 13.5. The van der Waals surface area contributed by atoms with E-state index in [1.54, 1.807) is 30.5 Å². The van der Waals surface area contributed by atoms with Gasteiger partial charge in [0.15, 0.2) is 5.78 Å². The number of ketones is 1. The predicted molar refractivity (Wildman–Crippen MR) is 128 cm³/mol. The van der Waals surface area contributed by atoms with E-state index in [4.69, 9.17) is 23.2 Å². The number of nitrogens with one attached hydrogen (secondary N) is 2. The van der Waals surface area contributed by atoms with E-state index in [1.807, 2.05) is 19.9 Å². The summed E-state index contributed by atoms with van der Waals surface area (Å²) in [6, 6.07) is 8.84. The summed E-state index contributed by atoms with van der Waals surface area (Å²) in [5.41, 5.74) is 4.15. The molecule has 0 bridgehead atoms. The molecule has 0 radical (unpaired) electrons. The van der Waals surface area contributed by atoms with E-state index in [2.05, 4.69) is 29.5 Å². The molecule has 4 rings (SSSR count). The summed E-state index contributed by atoms with van der Waals surface area (Å²) < 4.78 is 0. The Morgan fingerprint density at radius 3 is 2.47 bits per heavy atom. The quantitative estimate of drug-likeness (QED) is 0.583. The normalized spacial score (nSPS) is 20.1. The fourth-order valence-electron chi connectivity index (χ4n) is 4.60. The number of carbonyl (C=O) groups is 2. The van der Waals surface area contributed by atoms with Gasteiger partial charge in [0.25, 0.3) is 5.91 Å². The molecule has 1 unspecified atom stereocenters. The van der Waals surface area contributed by atoms with Crippen LogP contribution in [0.5, 0.6) is 0 Å². The summed E-state index contributed by atoms with van der Waals surface area (Å²) in [6.45, 7) is 7.94. The first-order valence-corrected chi connectivity index (χ1v) is 11.2. The van der Waals surface area contributed by atoms with E-state index in [-0.39, 0.29) is 17.1 Å². The van der Waals surface area contributed by atoms with Gasteiger partial charge in [-0.15, -0.1) is 0 Å². The van der Waals surface area contributed by atoms with Crippen molar-refractivity contribution in [1.29, 1.82) is 0 Å². The lowest BCUT2D eigenvalue weighted by atomic mass is 9.68. The highest BCUT2D eigenvalue weighted by molar-refractivity contribution is 6.34. The van der Waals surface area contributed by atoms with E-state index < -0.39 is 5.92 Å². The molecule has 0 saturated heterocycles. The summed E-state index contributed by atoms with van der Waals surface area (Å²) >= 11 is 12.6. The number of nitrogens with zero attached hydrogens (tertiary/aromatic N) is 1. The van der Waals surface area contributed by atoms with E-state index in [0.29, 0.717) is 51.1 Å². The number of dihydropyridines is 1. The third-order valence-electron chi connectivity index (χ3n) is 5.86. The number of hydrogen-bond acceptors (Lipinski definition) is 4. The van der Waals surface area contributed by atoms with Gasteiger partial charge < -0.3 is 10.6 Å². The number of rotatable bonds is 3. The molecule has 32 heavy (non-hydrogen) atoms. The number of pyridine rings is 1. The van der Waals surface area contributed by atoms with Crippen molar-refractivity contribution in [1.82, 2.24) is 10.3 Å². The number of Topliss-reactive ketones (excluding diaryl/α,β-unsaturated/α-hetero) is 1. The number of aromatic nitrogens is 1. The Morgan fingerprint density at radius 1 is 1.12 bits per heavy atom. The zero-order chi connectivity index (χ0) is 23.2. The minimum absolute atomic E-state index is 0.0244. The Hall–Kier alpha value is -2.63. The highest BCUT2D eigenvalue weighted by Crippen LogP contribution is 2.47. The summed E-state index contributed by atoms with van der Waals surface area (Å²) in [7, 11) is 0. The molecule has 0 fully saturated rings. The number of carbonyl (C=O) groups excluding carboxylic acids is 2. The molecule has 2 aliphatic rings. The van der Waals surface area contributed by atoms with Gasteiger partial charge in [0.1, 0.15) is 5.82 Å². The molecule has 0 spiro atoms. The smallest absolute Gasteiger partial charge is 0.255 e. The number of amides is 1. The molecule has 1 aliphatic heterocycles. The van der Waals surface area contributed by atoms with E-state index in [9.17, 15) is 9.59 Å². The number of aryl methyl sites for hydroxylation is 1. The SMILES string of the molecule is CC1=C(C(=O)Nc2cc(C)ccn2)C(c2cc(Cl)cc(Cl)c2)C2=C(CC(C)(C)CC2=O)N1. The van der Waals surface area contributed by atoms with Crippen LogP contribution in [0.25, 0.3) is 0 Å². The fourth-order valence-corrected chi connectivity index (χ4v) is 5.14. The highest BCUT2D eigenvalue weighted by Gasteiger charge is 2.42. The molecule has 2 N–H and O–H groups in total. The molecular weight excluding hydrogens is 445 g/mol. The fraction of sp³-hybridized carbons (Fsp3) is 0.320. The van der Waals surface area contributed by atoms with Crippen LogP contribution in [0.1, 0.15) is 50.7 Å². The summed E-state index contributed by atoms with van der Waals surface area (Å²) in [4.78, 5) is 31.1. The second-order valence-corrected chi connectivity index (χ2v) is 10.2. The zero-order valence-electron chi connectivity index (χ0n) is 18.5. The summed E-state index contributed by atoms with van der Waals surface area (Å²) in [5.74, 6) is -0.417. The van der Waals surface area contributed by atoms with E-state index >= 15 is 0 Å². The van der Waals surface area contributed by atoms with Crippen LogP contribution in [0.15, 0.2) is 59.1 Å². The molecule has 7 heteroatoms. The number of benzene rings is 1. The molecule has 1 aliphatic carbocycles. The lowest BCUT2D eigenvalue weighted by molar-refractivity contribution is -0.118. The van der Waals surface area contributed by atoms with Crippen LogP contribution >= 0.6 is 23.2 Å². The Bertz CT molecular complexity index is 1180. The second kappa shape index (κ2) is 8.38. The van der Waals surface area contributed by atoms with Crippen LogP contribution in [0.4, 0.5) is 5.82 Å². The molecule has 0 saturated carbocycles. The van der Waals surface area contributed by atoms with Crippen molar-refractivity contribution in [3.8, 4) is 0 Å². The van der Waals surface area contributed by atoms with Gasteiger partial charge in [-0.2, -0.15) is 0 Å². The molecule has 2 heterocycles. The monoisotopic (exact) mass is 469 g/mol. The Labute approximate surface area is 197 Å². The van der Waals surface area contributed by atoms with Gasteiger partial charge in [0.05, 0.1) is 0 Å². The number of allylic oxidation sites excluding steroid dienone is 3. The first-order valence-electron chi connectivity index (χ1n) is 10.5. The summed E-state index contributed by atoms with van der Waals surface area (Å²) in [5, 5.41) is 7.15. The number of halogens is 2. The maximum absolute atomic E-state index is 13.5. The van der Waals surface area contributed by atoms with Gasteiger partial charge >= 0.3 is 0 Å². The van der Waals surface area contributed by atoms with Crippen LogP contribution in [-0.4, -0.2) is 16.7 Å². The lowest BCUT2D eigenvalue weighted by Gasteiger charge is -2.39. The Morgan fingerprint density at radius 2 is 1.81 bits per heavy atom. The standard InChI is InChI=1S/C25H25Cl2N3O2/c1-13-5-6-28-20(7-13)30-24(32)21-14(2)29-18-11-25(3,4)12-19(31)23(18)22(21)15-8-16(26)10-17(27)9-15/h5-10,22,29H,11-12H2,1-4H3,(H,28,30,32). The average Bonchev–Trinajstić information content (AvgIpc) is 2.64. The molecule has 5 nitrogen and oxygen atoms in total. The van der Waals surface area contributed by atoms with Crippen LogP contribution in [0.2, 0.25) is 10.0 Å². The predicted octanol–water partition coefficient (Wildman–Crippen LogP) is 5.94. The van der Waals surface area contributed by atoms with Crippen LogP contribution < -0.4 is 10.6 Å². The molecule has 166 valence electrons. The van der Waals surface area contributed by atoms with Crippen molar-refractivity contribution in [2.24, 2.45) is 5.41 Å². The van der Waals surface area contributed by atoms with Crippen molar-refractivity contribution in [2.75, 3.05) is 5.32 Å². The summed E-state index contributed by atoms with van der Waals surface area (Å²) in [6.07, 6.45) is 2.77. The average molecular weight is 470 g/mol. The first kappa shape index (κ1) is 22.6. The molecule has 1 aromatic carbocycles. The van der Waals surface area contributed by atoms with E-state index in [1.165, 1.54) is 0 Å². The largest absolute Gasteiger partial charge is 0.362 e. The minimum atomic E-state index is -0.573. The van der Waals surface area contributed by atoms with Crippen LogP contribution in [0.3, 0.4) is 0 Å². The molecule has 2 aromatic rings. The van der Waals surface area contributed by atoms with Gasteiger partial charge in [0, 0.05) is 51.1 Å². The van der Waals surface area contributed by atoms with E-state index in [0.717, 1.165) is 11.3 Å². The zero-order valence-corrected chi connectivity index (χ0v) is 20.0. The second-order valence-electron chi connectivity index (χ2n) is 9.31. The third-order valence-corrected chi connectivity index (χ3v) is 6.30. The Balaban J connectivity index is 1.84. The molecule has 1 aromatic heterocycles. The van der Waals surface area contributed by atoms with Crippen LogP contribution in [-0.2, 0) is 9.59 Å². The van der Waals surface area contributed by atoms with Crippen molar-refractivity contribution in [2.45, 2.75) is 46.5 Å². The van der Waals surface area contributed by atoms with Gasteiger partial charge in [0.2, 0.25) is 0 Å². The topological polar surface area (TPSA) is 71.1 Å². The van der Waals surface area contributed by atoms with Crippen molar-refractivity contribution >= 4 is 40.7 Å².